The molecular formula is C21H23F3N2O3. The highest BCUT2D eigenvalue weighted by Crippen LogP contribution is 2.34. The van der Waals surface area contributed by atoms with Gasteiger partial charge in [-0.15, -0.1) is 0 Å². The Labute approximate surface area is 167 Å². The number of carbonyl (C=O) groups is 2. The van der Waals surface area contributed by atoms with Gasteiger partial charge in [0.25, 0.3) is 5.91 Å². The highest BCUT2D eigenvalue weighted by molar-refractivity contribution is 5.99. The van der Waals surface area contributed by atoms with Crippen LogP contribution in [0.25, 0.3) is 0 Å². The number of hydrogen-bond donors (Lipinski definition) is 1. The summed E-state index contributed by atoms with van der Waals surface area (Å²) >= 11 is 0. The number of halogens is 3. The monoisotopic (exact) mass is 408 g/mol. The van der Waals surface area contributed by atoms with E-state index in [4.69, 9.17) is 4.74 Å². The summed E-state index contributed by atoms with van der Waals surface area (Å²) < 4.78 is 44.5. The van der Waals surface area contributed by atoms with Crippen molar-refractivity contribution in [2.75, 3.05) is 18.9 Å². The molecule has 0 aliphatic carbocycles. The van der Waals surface area contributed by atoms with Crippen molar-refractivity contribution in [1.29, 1.82) is 0 Å². The van der Waals surface area contributed by atoms with E-state index in [1.165, 1.54) is 25.2 Å². The zero-order valence-electron chi connectivity index (χ0n) is 16.4. The van der Waals surface area contributed by atoms with Gasteiger partial charge in [-0.25, -0.2) is 0 Å². The van der Waals surface area contributed by atoms with E-state index in [9.17, 15) is 22.8 Å². The molecule has 2 amide bonds. The van der Waals surface area contributed by atoms with Crippen molar-refractivity contribution in [3.63, 3.8) is 0 Å². The van der Waals surface area contributed by atoms with Crippen LogP contribution in [0.3, 0.4) is 0 Å². The summed E-state index contributed by atoms with van der Waals surface area (Å²) in [6.45, 7) is 3.88. The fraction of sp³-hybridized carbons (Fsp3) is 0.333. The van der Waals surface area contributed by atoms with Crippen LogP contribution in [0.4, 0.5) is 18.9 Å². The number of alkyl halides is 3. The minimum Gasteiger partial charge on any atom is -0.374 e. The van der Waals surface area contributed by atoms with Gasteiger partial charge < -0.3 is 15.0 Å². The van der Waals surface area contributed by atoms with Crippen molar-refractivity contribution >= 4 is 17.5 Å². The molecule has 8 heteroatoms. The van der Waals surface area contributed by atoms with E-state index in [1.54, 1.807) is 24.3 Å². The van der Waals surface area contributed by atoms with Gasteiger partial charge in [0.1, 0.15) is 0 Å². The molecule has 0 heterocycles. The first-order valence-corrected chi connectivity index (χ1v) is 9.00. The molecule has 29 heavy (non-hydrogen) atoms. The lowest BCUT2D eigenvalue weighted by Crippen LogP contribution is -2.35. The third-order valence-corrected chi connectivity index (χ3v) is 4.02. The maximum absolute atomic E-state index is 13.0. The Kier molecular flexibility index (Phi) is 7.39. The smallest absolute Gasteiger partial charge is 0.374 e. The van der Waals surface area contributed by atoms with Crippen LogP contribution in [-0.2, 0) is 22.3 Å². The highest BCUT2D eigenvalue weighted by atomic mass is 19.4. The normalized spacial score (nSPS) is 11.4. The Morgan fingerprint density at radius 2 is 1.69 bits per heavy atom. The summed E-state index contributed by atoms with van der Waals surface area (Å²) in [5, 5.41) is 2.22. The molecule has 5 nitrogen and oxygen atoms in total. The summed E-state index contributed by atoms with van der Waals surface area (Å²) in [5.74, 6) is -1.14. The number of para-hydroxylation sites is 1. The van der Waals surface area contributed by atoms with Crippen molar-refractivity contribution in [2.45, 2.75) is 32.7 Å². The Bertz CT molecular complexity index is 849. The maximum atomic E-state index is 13.0. The molecule has 0 radical (unpaired) electrons. The number of benzene rings is 2. The highest BCUT2D eigenvalue weighted by Gasteiger charge is 2.33. The first kappa shape index (κ1) is 22.4. The van der Waals surface area contributed by atoms with E-state index in [-0.39, 0.29) is 18.3 Å². The molecule has 0 aliphatic rings. The second kappa shape index (κ2) is 9.56. The molecule has 0 unspecified atom stereocenters. The van der Waals surface area contributed by atoms with Crippen molar-refractivity contribution in [3.05, 3.63) is 65.2 Å². The van der Waals surface area contributed by atoms with E-state index in [1.807, 2.05) is 13.8 Å². The van der Waals surface area contributed by atoms with Crippen LogP contribution in [0.15, 0.2) is 48.5 Å². The molecule has 0 bridgehead atoms. The third-order valence-electron chi connectivity index (χ3n) is 4.02. The van der Waals surface area contributed by atoms with Gasteiger partial charge >= 0.3 is 6.18 Å². The fourth-order valence-corrected chi connectivity index (χ4v) is 2.54. The lowest BCUT2D eigenvalue weighted by Gasteiger charge is -2.18. The van der Waals surface area contributed by atoms with Crippen LogP contribution >= 0.6 is 0 Å². The Morgan fingerprint density at radius 3 is 2.28 bits per heavy atom. The van der Waals surface area contributed by atoms with Crippen molar-refractivity contribution in [3.8, 4) is 0 Å². The molecule has 2 aromatic carbocycles. The number of rotatable bonds is 7. The van der Waals surface area contributed by atoms with Gasteiger partial charge in [0, 0.05) is 12.6 Å². The maximum Gasteiger partial charge on any atom is 0.418 e. The van der Waals surface area contributed by atoms with Crippen molar-refractivity contribution in [1.82, 2.24) is 4.90 Å². The first-order valence-electron chi connectivity index (χ1n) is 9.00. The summed E-state index contributed by atoms with van der Waals surface area (Å²) in [4.78, 5) is 25.8. The molecular weight excluding hydrogens is 385 g/mol. The predicted octanol–water partition coefficient (Wildman–Crippen LogP) is 4.34. The number of hydrogen-bond acceptors (Lipinski definition) is 3. The zero-order valence-corrected chi connectivity index (χ0v) is 16.4. The number of carbonyl (C=O) groups excluding carboxylic acids is 2. The molecule has 0 saturated heterocycles. The summed E-state index contributed by atoms with van der Waals surface area (Å²) in [6.07, 6.45) is -4.50. The van der Waals surface area contributed by atoms with E-state index < -0.39 is 23.6 Å². The Morgan fingerprint density at radius 1 is 1.07 bits per heavy atom. The van der Waals surface area contributed by atoms with Crippen LogP contribution in [0.1, 0.15) is 35.3 Å². The molecule has 156 valence electrons. The van der Waals surface area contributed by atoms with E-state index >= 15 is 0 Å². The molecule has 2 rings (SSSR count). The van der Waals surface area contributed by atoms with Gasteiger partial charge in [0.15, 0.2) is 0 Å². The largest absolute Gasteiger partial charge is 0.418 e. The average Bonchev–Trinajstić information content (AvgIpc) is 2.65. The van der Waals surface area contributed by atoms with Gasteiger partial charge in [-0.3, -0.25) is 9.59 Å². The third kappa shape index (κ3) is 6.60. The second-order valence-electron chi connectivity index (χ2n) is 6.81. The average molecular weight is 408 g/mol. The standard InChI is InChI=1S/C21H23F3N2O3/c1-14(2)29-13-15-8-10-16(11-9-15)20(28)26(3)12-19(27)25-18-7-5-4-6-17(18)21(22,23)24/h4-11,14H,12-13H2,1-3H3,(H,25,27). The van der Waals surface area contributed by atoms with Crippen LogP contribution in [0, 0.1) is 0 Å². The zero-order chi connectivity index (χ0) is 21.6. The predicted molar refractivity (Wildman–Crippen MR) is 103 cm³/mol. The molecule has 0 aromatic heterocycles. The Balaban J connectivity index is 1.98. The van der Waals surface area contributed by atoms with E-state index in [2.05, 4.69) is 5.32 Å². The molecule has 0 aliphatic heterocycles. The number of nitrogens with one attached hydrogen (secondary N) is 1. The molecule has 0 fully saturated rings. The summed E-state index contributed by atoms with van der Waals surface area (Å²) in [6, 6.07) is 11.4. The van der Waals surface area contributed by atoms with Gasteiger partial charge in [0.2, 0.25) is 5.91 Å². The minimum atomic E-state index is -4.59. The van der Waals surface area contributed by atoms with Crippen molar-refractivity contribution < 1.29 is 27.5 Å². The first-order chi connectivity index (χ1) is 13.6. The van der Waals surface area contributed by atoms with Crippen LogP contribution < -0.4 is 5.32 Å². The molecule has 0 saturated carbocycles. The van der Waals surface area contributed by atoms with E-state index in [0.717, 1.165) is 16.5 Å². The summed E-state index contributed by atoms with van der Waals surface area (Å²) in [5.41, 5.74) is -0.0226. The minimum absolute atomic E-state index is 0.0865. The second-order valence-corrected chi connectivity index (χ2v) is 6.81. The summed E-state index contributed by atoms with van der Waals surface area (Å²) in [7, 11) is 1.41. The van der Waals surface area contributed by atoms with Crippen LogP contribution in [0.2, 0.25) is 0 Å². The lowest BCUT2D eigenvalue weighted by molar-refractivity contribution is -0.137. The number of ether oxygens (including phenoxy) is 1. The fourth-order valence-electron chi connectivity index (χ4n) is 2.54. The Hall–Kier alpha value is -2.87. The lowest BCUT2D eigenvalue weighted by atomic mass is 10.1. The number of likely N-dealkylation sites (N-methyl/N-ethyl adjacent to an activating group) is 1. The number of amides is 2. The quantitative estimate of drug-likeness (QED) is 0.742. The molecule has 0 spiro atoms. The van der Waals surface area contributed by atoms with Gasteiger partial charge in [-0.05, 0) is 43.7 Å². The van der Waals surface area contributed by atoms with Crippen LogP contribution in [-0.4, -0.2) is 36.4 Å². The molecule has 2 aromatic rings. The topological polar surface area (TPSA) is 58.6 Å². The molecule has 1 N–H and O–H groups in total. The van der Waals surface area contributed by atoms with Gasteiger partial charge in [-0.1, -0.05) is 24.3 Å². The van der Waals surface area contributed by atoms with Crippen LogP contribution in [0.5, 0.6) is 0 Å². The van der Waals surface area contributed by atoms with Gasteiger partial charge in [-0.2, -0.15) is 13.2 Å². The SMILES string of the molecule is CC(C)OCc1ccc(C(=O)N(C)CC(=O)Nc2ccccc2C(F)(F)F)cc1. The number of anilines is 1. The van der Waals surface area contributed by atoms with Gasteiger partial charge in [0.05, 0.1) is 30.5 Å². The molecule has 0 atom stereocenters. The van der Waals surface area contributed by atoms with E-state index in [0.29, 0.717) is 12.2 Å². The number of nitrogens with zero attached hydrogens (tertiary/aromatic N) is 1. The van der Waals surface area contributed by atoms with Crippen molar-refractivity contribution in [2.24, 2.45) is 0 Å².